The molecule has 0 spiro atoms. The molecule has 0 aliphatic heterocycles. The molecule has 0 radical (unpaired) electrons. The highest BCUT2D eigenvalue weighted by Crippen LogP contribution is 2.24. The number of aromatic nitrogens is 1. The van der Waals surface area contributed by atoms with Gasteiger partial charge in [-0.1, -0.05) is 31.2 Å². The fourth-order valence-electron chi connectivity index (χ4n) is 2.70. The number of nitrogens with zero attached hydrogens (tertiary/aromatic N) is 2. The molecule has 8 heteroatoms. The Morgan fingerprint density at radius 2 is 1.96 bits per heavy atom. The number of carbonyl (C=O) groups excluding carboxylic acids is 1. The van der Waals surface area contributed by atoms with E-state index in [2.05, 4.69) is 45.7 Å². The van der Waals surface area contributed by atoms with Gasteiger partial charge >= 0.3 is 5.97 Å². The number of benzene rings is 1. The summed E-state index contributed by atoms with van der Waals surface area (Å²) >= 11 is 1.36. The molecule has 28 heavy (non-hydrogen) atoms. The minimum absolute atomic E-state index is 0. The van der Waals surface area contributed by atoms with Crippen molar-refractivity contribution in [2.75, 3.05) is 13.7 Å². The summed E-state index contributed by atoms with van der Waals surface area (Å²) in [5.74, 6) is 0.378. The first-order valence-electron chi connectivity index (χ1n) is 9.18. The molecule has 0 saturated heterocycles. The molecule has 1 heterocycles. The number of aryl methyl sites for hydroxylation is 2. The van der Waals surface area contributed by atoms with Crippen molar-refractivity contribution in [2.24, 2.45) is 4.99 Å². The highest BCUT2D eigenvalue weighted by Gasteiger charge is 2.20. The van der Waals surface area contributed by atoms with Crippen LogP contribution < -0.4 is 10.6 Å². The van der Waals surface area contributed by atoms with E-state index in [1.54, 1.807) is 14.0 Å². The smallest absolute Gasteiger partial charge is 0.350 e. The predicted molar refractivity (Wildman–Crippen MR) is 126 cm³/mol. The van der Waals surface area contributed by atoms with Crippen molar-refractivity contribution in [1.29, 1.82) is 0 Å². The molecule has 0 fully saturated rings. The van der Waals surface area contributed by atoms with E-state index in [9.17, 15) is 4.79 Å². The first-order chi connectivity index (χ1) is 13.0. The molecule has 2 N–H and O–H groups in total. The van der Waals surface area contributed by atoms with Crippen LogP contribution in [0.1, 0.15) is 58.3 Å². The second-order valence-electron chi connectivity index (χ2n) is 6.10. The zero-order chi connectivity index (χ0) is 19.8. The molecule has 1 atom stereocenters. The Labute approximate surface area is 188 Å². The van der Waals surface area contributed by atoms with Gasteiger partial charge in [0.25, 0.3) is 0 Å². The minimum atomic E-state index is -0.315. The number of rotatable bonds is 7. The van der Waals surface area contributed by atoms with Gasteiger partial charge in [0, 0.05) is 13.6 Å². The monoisotopic (exact) mass is 516 g/mol. The lowest BCUT2D eigenvalue weighted by atomic mass is 10.1. The van der Waals surface area contributed by atoms with Crippen LogP contribution in [0.5, 0.6) is 0 Å². The molecule has 0 aliphatic carbocycles. The van der Waals surface area contributed by atoms with Gasteiger partial charge < -0.3 is 15.4 Å². The number of thiazole rings is 1. The number of guanidine groups is 1. The van der Waals surface area contributed by atoms with E-state index >= 15 is 0 Å². The number of carbonyl (C=O) groups is 1. The summed E-state index contributed by atoms with van der Waals surface area (Å²) in [4.78, 5) is 21.4. The molecule has 1 unspecified atom stereocenters. The van der Waals surface area contributed by atoms with Crippen LogP contribution in [-0.2, 0) is 17.7 Å². The van der Waals surface area contributed by atoms with Gasteiger partial charge in [0.1, 0.15) is 9.88 Å². The number of halogens is 1. The Balaban J connectivity index is 0.00000392. The van der Waals surface area contributed by atoms with Crippen molar-refractivity contribution >= 4 is 47.2 Å². The van der Waals surface area contributed by atoms with Crippen molar-refractivity contribution in [3.63, 3.8) is 0 Å². The van der Waals surface area contributed by atoms with Gasteiger partial charge in [-0.05, 0) is 38.3 Å². The SMILES string of the molecule is CCOC(=O)c1sc(C(C)NC(=NC)NCc2ccccc2CC)nc1C.I. The highest BCUT2D eigenvalue weighted by molar-refractivity contribution is 14.0. The maximum Gasteiger partial charge on any atom is 0.350 e. The maximum absolute atomic E-state index is 12.0. The minimum Gasteiger partial charge on any atom is -0.462 e. The molecular weight excluding hydrogens is 487 g/mol. The summed E-state index contributed by atoms with van der Waals surface area (Å²) in [6, 6.07) is 8.29. The fourth-order valence-corrected chi connectivity index (χ4v) is 3.67. The third-order valence-electron chi connectivity index (χ3n) is 4.17. The summed E-state index contributed by atoms with van der Waals surface area (Å²) in [5, 5.41) is 7.51. The average Bonchev–Trinajstić information content (AvgIpc) is 3.07. The summed E-state index contributed by atoms with van der Waals surface area (Å²) in [5.41, 5.74) is 3.27. The van der Waals surface area contributed by atoms with Crippen LogP contribution in [0.2, 0.25) is 0 Å². The van der Waals surface area contributed by atoms with Crippen LogP contribution in [0.15, 0.2) is 29.3 Å². The van der Waals surface area contributed by atoms with Gasteiger partial charge in [0.15, 0.2) is 5.96 Å². The normalized spacial score (nSPS) is 12.1. The Bertz CT molecular complexity index is 807. The molecule has 0 aliphatic rings. The van der Waals surface area contributed by atoms with Gasteiger partial charge in [-0.25, -0.2) is 9.78 Å². The third-order valence-corrected chi connectivity index (χ3v) is 5.49. The van der Waals surface area contributed by atoms with Gasteiger partial charge in [-0.15, -0.1) is 35.3 Å². The van der Waals surface area contributed by atoms with E-state index in [1.807, 2.05) is 19.9 Å². The molecule has 0 saturated carbocycles. The lowest BCUT2D eigenvalue weighted by molar-refractivity contribution is 0.0531. The molecule has 1 aromatic heterocycles. The Morgan fingerprint density at radius 3 is 2.57 bits per heavy atom. The first kappa shape index (κ1) is 24.4. The zero-order valence-corrected chi connectivity index (χ0v) is 20.2. The number of esters is 1. The van der Waals surface area contributed by atoms with Crippen molar-refractivity contribution in [3.8, 4) is 0 Å². The molecule has 1 aromatic carbocycles. The lowest BCUT2D eigenvalue weighted by Gasteiger charge is -2.17. The van der Waals surface area contributed by atoms with E-state index in [0.717, 1.165) is 11.4 Å². The number of hydrogen-bond acceptors (Lipinski definition) is 5. The predicted octanol–water partition coefficient (Wildman–Crippen LogP) is 4.23. The molecule has 0 bridgehead atoms. The number of hydrogen-bond donors (Lipinski definition) is 2. The number of ether oxygens (including phenoxy) is 1. The fraction of sp³-hybridized carbons (Fsp3) is 0.450. The molecule has 2 aromatic rings. The quantitative estimate of drug-likeness (QED) is 0.249. The lowest BCUT2D eigenvalue weighted by Crippen LogP contribution is -2.38. The maximum atomic E-state index is 12.0. The summed E-state index contributed by atoms with van der Waals surface area (Å²) in [6.07, 6.45) is 0.995. The summed E-state index contributed by atoms with van der Waals surface area (Å²) < 4.78 is 5.09. The highest BCUT2D eigenvalue weighted by atomic mass is 127. The van der Waals surface area contributed by atoms with Crippen molar-refractivity contribution < 1.29 is 9.53 Å². The van der Waals surface area contributed by atoms with E-state index < -0.39 is 0 Å². The van der Waals surface area contributed by atoms with Crippen LogP contribution in [0.3, 0.4) is 0 Å². The second kappa shape index (κ2) is 12.0. The van der Waals surface area contributed by atoms with Gasteiger partial charge in [-0.2, -0.15) is 0 Å². The Morgan fingerprint density at radius 1 is 1.29 bits per heavy atom. The topological polar surface area (TPSA) is 75.6 Å². The van der Waals surface area contributed by atoms with E-state index in [0.29, 0.717) is 29.7 Å². The third kappa shape index (κ3) is 6.44. The van der Waals surface area contributed by atoms with Gasteiger partial charge in [0.2, 0.25) is 0 Å². The number of aliphatic imine (C=N–C) groups is 1. The molecule has 2 rings (SSSR count). The van der Waals surface area contributed by atoms with Crippen molar-refractivity contribution in [3.05, 3.63) is 51.0 Å². The first-order valence-corrected chi connectivity index (χ1v) is 10.00. The summed E-state index contributed by atoms with van der Waals surface area (Å²) in [6.45, 7) is 8.83. The molecular formula is C20H29IN4O2S. The van der Waals surface area contributed by atoms with Crippen molar-refractivity contribution in [2.45, 2.75) is 46.7 Å². The Kier molecular flexibility index (Phi) is 10.4. The van der Waals surface area contributed by atoms with E-state index in [1.165, 1.54) is 22.5 Å². The van der Waals surface area contributed by atoms with Crippen molar-refractivity contribution in [1.82, 2.24) is 15.6 Å². The average molecular weight is 516 g/mol. The molecule has 0 amide bonds. The molecule has 154 valence electrons. The van der Waals surface area contributed by atoms with Crippen LogP contribution >= 0.6 is 35.3 Å². The Hall–Kier alpha value is -1.68. The van der Waals surface area contributed by atoms with Crippen LogP contribution in [-0.4, -0.2) is 30.6 Å². The summed E-state index contributed by atoms with van der Waals surface area (Å²) in [7, 11) is 1.74. The van der Waals surface area contributed by atoms with E-state index in [4.69, 9.17) is 4.74 Å². The van der Waals surface area contributed by atoms with Gasteiger partial charge in [0.05, 0.1) is 18.3 Å². The largest absolute Gasteiger partial charge is 0.462 e. The van der Waals surface area contributed by atoms with Gasteiger partial charge in [-0.3, -0.25) is 4.99 Å². The van der Waals surface area contributed by atoms with Crippen LogP contribution in [0.25, 0.3) is 0 Å². The number of nitrogens with one attached hydrogen (secondary N) is 2. The van der Waals surface area contributed by atoms with Crippen LogP contribution in [0.4, 0.5) is 0 Å². The second-order valence-corrected chi connectivity index (χ2v) is 7.13. The molecule has 6 nitrogen and oxygen atoms in total. The standard InChI is InChI=1S/C20H28N4O2S.HI/c1-6-15-10-8-9-11-16(15)12-22-20(21-5)24-14(4)18-23-13(3)17(27-18)19(25)26-7-2;/h8-11,14H,6-7,12H2,1-5H3,(H2,21,22,24);1H. The zero-order valence-electron chi connectivity index (χ0n) is 17.0. The van der Waals surface area contributed by atoms with Crippen LogP contribution in [0, 0.1) is 6.92 Å². The van der Waals surface area contributed by atoms with E-state index in [-0.39, 0.29) is 36.0 Å².